The first kappa shape index (κ1) is 14.1. The van der Waals surface area contributed by atoms with Gasteiger partial charge in [-0.15, -0.1) is 0 Å². The molecule has 0 aliphatic heterocycles. The van der Waals surface area contributed by atoms with Crippen LogP contribution in [0, 0.1) is 0 Å². The third-order valence-corrected chi connectivity index (χ3v) is 3.49. The molecule has 0 unspecified atom stereocenters. The van der Waals surface area contributed by atoms with Crippen LogP contribution in [0.2, 0.25) is 0 Å². The minimum absolute atomic E-state index is 0.529. The summed E-state index contributed by atoms with van der Waals surface area (Å²) >= 11 is 0. The van der Waals surface area contributed by atoms with Crippen molar-refractivity contribution in [2.75, 3.05) is 5.32 Å². The first-order valence-electron chi connectivity index (χ1n) is 7.48. The summed E-state index contributed by atoms with van der Waals surface area (Å²) < 4.78 is 1.94. The molecular weight excluding hydrogens is 300 g/mol. The Kier molecular flexibility index (Phi) is 3.69. The minimum atomic E-state index is 0.529. The van der Waals surface area contributed by atoms with E-state index in [0.29, 0.717) is 5.95 Å². The van der Waals surface area contributed by atoms with Crippen molar-refractivity contribution in [3.63, 3.8) is 0 Å². The average Bonchev–Trinajstić information content (AvgIpc) is 3.18. The third kappa shape index (κ3) is 2.98. The number of imidazole rings is 1. The number of nitrogens with zero attached hydrogens (tertiary/aromatic N) is 5. The number of benzene rings is 1. The molecule has 4 aromatic rings. The molecule has 3 heterocycles. The van der Waals surface area contributed by atoms with Crippen molar-refractivity contribution in [3.05, 3.63) is 79.6 Å². The molecule has 4 rings (SSSR count). The van der Waals surface area contributed by atoms with Gasteiger partial charge in [-0.3, -0.25) is 4.98 Å². The highest BCUT2D eigenvalue weighted by atomic mass is 15.1. The number of hydrogen-bond donors (Lipinski definition) is 1. The Bertz CT molecular complexity index is 935. The van der Waals surface area contributed by atoms with E-state index in [1.165, 1.54) is 0 Å². The number of pyridine rings is 1. The molecule has 0 fully saturated rings. The minimum Gasteiger partial charge on any atom is -0.324 e. The Labute approximate surface area is 138 Å². The second-order valence-corrected chi connectivity index (χ2v) is 5.13. The number of hydrogen-bond acceptors (Lipinski definition) is 5. The van der Waals surface area contributed by atoms with E-state index in [4.69, 9.17) is 0 Å². The summed E-state index contributed by atoms with van der Waals surface area (Å²) in [6.45, 7) is 0. The van der Waals surface area contributed by atoms with Crippen LogP contribution >= 0.6 is 0 Å². The lowest BCUT2D eigenvalue weighted by molar-refractivity contribution is 1.06. The molecule has 6 heteroatoms. The van der Waals surface area contributed by atoms with E-state index in [1.54, 1.807) is 24.9 Å². The van der Waals surface area contributed by atoms with Gasteiger partial charge in [0.05, 0.1) is 17.7 Å². The SMILES string of the molecule is c1ccc(-c2ccnc(Nc3cccc(-n4ccnc4)c3)n2)nc1. The van der Waals surface area contributed by atoms with Crippen LogP contribution in [-0.2, 0) is 0 Å². The van der Waals surface area contributed by atoms with Gasteiger partial charge in [-0.25, -0.2) is 15.0 Å². The van der Waals surface area contributed by atoms with Crippen molar-refractivity contribution in [1.82, 2.24) is 24.5 Å². The Morgan fingerprint density at radius 3 is 2.67 bits per heavy atom. The molecule has 0 spiro atoms. The van der Waals surface area contributed by atoms with Gasteiger partial charge in [-0.05, 0) is 36.4 Å². The molecule has 116 valence electrons. The zero-order chi connectivity index (χ0) is 16.2. The monoisotopic (exact) mass is 314 g/mol. The van der Waals surface area contributed by atoms with Crippen molar-refractivity contribution in [2.45, 2.75) is 0 Å². The largest absolute Gasteiger partial charge is 0.324 e. The van der Waals surface area contributed by atoms with Crippen LogP contribution in [0.15, 0.2) is 79.6 Å². The molecule has 24 heavy (non-hydrogen) atoms. The van der Waals surface area contributed by atoms with E-state index < -0.39 is 0 Å². The summed E-state index contributed by atoms with van der Waals surface area (Å²) in [5, 5.41) is 3.23. The number of aromatic nitrogens is 5. The fourth-order valence-electron chi connectivity index (χ4n) is 2.36. The highest BCUT2D eigenvalue weighted by molar-refractivity contribution is 5.60. The zero-order valence-electron chi connectivity index (χ0n) is 12.7. The van der Waals surface area contributed by atoms with E-state index in [1.807, 2.05) is 59.3 Å². The lowest BCUT2D eigenvalue weighted by atomic mass is 10.2. The van der Waals surface area contributed by atoms with Gasteiger partial charge in [0, 0.05) is 36.2 Å². The van der Waals surface area contributed by atoms with Crippen molar-refractivity contribution in [2.24, 2.45) is 0 Å². The second kappa shape index (κ2) is 6.29. The Morgan fingerprint density at radius 2 is 1.83 bits per heavy atom. The maximum atomic E-state index is 4.53. The van der Waals surface area contributed by atoms with E-state index >= 15 is 0 Å². The first-order valence-corrected chi connectivity index (χ1v) is 7.48. The Hall–Kier alpha value is -3.54. The summed E-state index contributed by atoms with van der Waals surface area (Å²) in [4.78, 5) is 17.2. The maximum absolute atomic E-state index is 4.53. The van der Waals surface area contributed by atoms with Crippen LogP contribution in [0.5, 0.6) is 0 Å². The van der Waals surface area contributed by atoms with Gasteiger partial charge in [0.2, 0.25) is 5.95 Å². The Morgan fingerprint density at radius 1 is 0.833 bits per heavy atom. The van der Waals surface area contributed by atoms with Crippen LogP contribution < -0.4 is 5.32 Å². The topological polar surface area (TPSA) is 68.5 Å². The van der Waals surface area contributed by atoms with Gasteiger partial charge in [0.15, 0.2) is 0 Å². The van der Waals surface area contributed by atoms with Gasteiger partial charge < -0.3 is 9.88 Å². The fraction of sp³-hybridized carbons (Fsp3) is 0. The van der Waals surface area contributed by atoms with Gasteiger partial charge in [0.25, 0.3) is 0 Å². The number of nitrogens with one attached hydrogen (secondary N) is 1. The third-order valence-electron chi connectivity index (χ3n) is 3.49. The molecule has 0 saturated heterocycles. The predicted octanol–water partition coefficient (Wildman–Crippen LogP) is 3.47. The van der Waals surface area contributed by atoms with Crippen molar-refractivity contribution < 1.29 is 0 Å². The summed E-state index contributed by atoms with van der Waals surface area (Å²) in [5.74, 6) is 0.529. The molecule has 0 bridgehead atoms. The van der Waals surface area contributed by atoms with Crippen molar-refractivity contribution in [3.8, 4) is 17.1 Å². The molecule has 0 aliphatic rings. The van der Waals surface area contributed by atoms with Crippen molar-refractivity contribution in [1.29, 1.82) is 0 Å². The molecular formula is C18H14N6. The summed E-state index contributed by atoms with van der Waals surface area (Å²) in [7, 11) is 0. The van der Waals surface area contributed by atoms with E-state index in [9.17, 15) is 0 Å². The van der Waals surface area contributed by atoms with Crippen LogP contribution in [0.25, 0.3) is 17.1 Å². The molecule has 0 saturated carbocycles. The quantitative estimate of drug-likeness (QED) is 0.624. The lowest BCUT2D eigenvalue weighted by Crippen LogP contribution is -1.99. The molecule has 0 radical (unpaired) electrons. The van der Waals surface area contributed by atoms with Crippen molar-refractivity contribution >= 4 is 11.6 Å². The fourth-order valence-corrected chi connectivity index (χ4v) is 2.36. The smallest absolute Gasteiger partial charge is 0.227 e. The summed E-state index contributed by atoms with van der Waals surface area (Å²) in [6, 6.07) is 15.5. The van der Waals surface area contributed by atoms with E-state index in [0.717, 1.165) is 22.8 Å². The molecule has 1 N–H and O–H groups in total. The average molecular weight is 314 g/mol. The van der Waals surface area contributed by atoms with Gasteiger partial charge in [-0.2, -0.15) is 0 Å². The van der Waals surface area contributed by atoms with E-state index in [2.05, 4.69) is 25.3 Å². The van der Waals surface area contributed by atoms with Crippen LogP contribution in [-0.4, -0.2) is 24.5 Å². The van der Waals surface area contributed by atoms with Gasteiger partial charge in [0.1, 0.15) is 0 Å². The molecule has 0 atom stereocenters. The standard InChI is InChI=1S/C18H14N6/c1-2-8-20-16(6-1)17-7-9-21-18(23-17)22-14-4-3-5-15(12-14)24-11-10-19-13-24/h1-13H,(H,21,22,23). The molecule has 1 aromatic carbocycles. The maximum Gasteiger partial charge on any atom is 0.227 e. The number of anilines is 2. The number of rotatable bonds is 4. The van der Waals surface area contributed by atoms with Gasteiger partial charge >= 0.3 is 0 Å². The highest BCUT2D eigenvalue weighted by Gasteiger charge is 2.04. The predicted molar refractivity (Wildman–Crippen MR) is 92.1 cm³/mol. The van der Waals surface area contributed by atoms with Crippen LogP contribution in [0.1, 0.15) is 0 Å². The first-order chi connectivity index (χ1) is 11.9. The molecule has 0 aliphatic carbocycles. The zero-order valence-corrected chi connectivity index (χ0v) is 12.7. The van der Waals surface area contributed by atoms with Crippen LogP contribution in [0.4, 0.5) is 11.6 Å². The molecule has 6 nitrogen and oxygen atoms in total. The highest BCUT2D eigenvalue weighted by Crippen LogP contribution is 2.19. The van der Waals surface area contributed by atoms with Gasteiger partial charge in [-0.1, -0.05) is 12.1 Å². The van der Waals surface area contributed by atoms with Crippen LogP contribution in [0.3, 0.4) is 0 Å². The molecule has 3 aromatic heterocycles. The second-order valence-electron chi connectivity index (χ2n) is 5.13. The van der Waals surface area contributed by atoms with E-state index in [-0.39, 0.29) is 0 Å². The Balaban J connectivity index is 1.61. The molecule has 0 amide bonds. The summed E-state index contributed by atoms with van der Waals surface area (Å²) in [5.41, 5.74) is 3.51. The normalized spacial score (nSPS) is 10.5. The lowest BCUT2D eigenvalue weighted by Gasteiger charge is -2.08. The summed E-state index contributed by atoms with van der Waals surface area (Å²) in [6.07, 6.45) is 8.88.